The van der Waals surface area contributed by atoms with Gasteiger partial charge in [-0.3, -0.25) is 9.69 Å². The summed E-state index contributed by atoms with van der Waals surface area (Å²) >= 11 is 0. The molecule has 8 nitrogen and oxygen atoms in total. The lowest BCUT2D eigenvalue weighted by molar-refractivity contribution is 0.190. The maximum absolute atomic E-state index is 13.8. The molecule has 40 heavy (non-hydrogen) atoms. The van der Waals surface area contributed by atoms with Crippen molar-refractivity contribution in [1.82, 2.24) is 30.1 Å². The first-order valence-electron chi connectivity index (χ1n) is 13.6. The van der Waals surface area contributed by atoms with Crippen LogP contribution in [0.2, 0.25) is 0 Å². The van der Waals surface area contributed by atoms with Gasteiger partial charge in [-0.2, -0.15) is 0 Å². The number of halogens is 1. The van der Waals surface area contributed by atoms with Crippen molar-refractivity contribution in [2.45, 2.75) is 50.9 Å². The van der Waals surface area contributed by atoms with Gasteiger partial charge in [-0.1, -0.05) is 55.3 Å². The van der Waals surface area contributed by atoms with Crippen LogP contribution in [0, 0.1) is 5.82 Å². The number of hydrogen-bond donors (Lipinski definition) is 1. The average molecular weight is 539 g/mol. The third kappa shape index (κ3) is 5.37. The van der Waals surface area contributed by atoms with Crippen molar-refractivity contribution < 1.29 is 9.13 Å². The smallest absolute Gasteiger partial charge is 0.253 e. The number of ether oxygens (including phenoxy) is 1. The second kappa shape index (κ2) is 11.4. The first-order valence-corrected chi connectivity index (χ1v) is 13.6. The van der Waals surface area contributed by atoms with Crippen LogP contribution in [0.3, 0.4) is 0 Å². The summed E-state index contributed by atoms with van der Waals surface area (Å²) in [6.07, 6.45) is 4.22. The fourth-order valence-corrected chi connectivity index (χ4v) is 5.70. The summed E-state index contributed by atoms with van der Waals surface area (Å²) in [5, 5.41) is 13.9. The minimum Gasteiger partial charge on any atom is -0.497 e. The molecule has 1 N–H and O–H groups in total. The number of pyridine rings is 1. The van der Waals surface area contributed by atoms with Crippen molar-refractivity contribution in [3.05, 3.63) is 118 Å². The number of H-pyrrole nitrogens is 1. The van der Waals surface area contributed by atoms with Crippen molar-refractivity contribution in [2.75, 3.05) is 7.11 Å². The monoisotopic (exact) mass is 538 g/mol. The van der Waals surface area contributed by atoms with Gasteiger partial charge in [0.15, 0.2) is 5.82 Å². The zero-order chi connectivity index (χ0) is 27.5. The first kappa shape index (κ1) is 25.9. The Morgan fingerprint density at radius 2 is 1.73 bits per heavy atom. The van der Waals surface area contributed by atoms with E-state index in [4.69, 9.17) is 4.74 Å². The minimum atomic E-state index is -0.569. The molecule has 0 bridgehead atoms. The summed E-state index contributed by atoms with van der Waals surface area (Å²) in [6, 6.07) is 23.7. The van der Waals surface area contributed by atoms with Crippen LogP contribution < -0.4 is 10.3 Å². The lowest BCUT2D eigenvalue weighted by Crippen LogP contribution is -2.35. The maximum atomic E-state index is 13.8. The van der Waals surface area contributed by atoms with E-state index in [2.05, 4.69) is 37.5 Å². The van der Waals surface area contributed by atoms with E-state index in [1.165, 1.54) is 12.1 Å². The standard InChI is InChI=1S/C31H31FN6O2/c1-40-26-15-16-28-23(17-26)18-27(31(39)33-28)29(30-34-35-36-38(30)25-9-5-6-10-25)37(19-21-7-3-2-4-8-21)20-22-11-13-24(32)14-12-22/h2-4,7-8,11-18,25,29H,5-6,9-10,19-20H2,1H3,(H,33,39)/t29-/m0/s1. The largest absolute Gasteiger partial charge is 0.497 e. The van der Waals surface area contributed by atoms with Gasteiger partial charge in [0.1, 0.15) is 17.6 Å². The van der Waals surface area contributed by atoms with E-state index in [0.717, 1.165) is 47.7 Å². The Morgan fingerprint density at radius 1 is 1.00 bits per heavy atom. The number of rotatable bonds is 9. The van der Waals surface area contributed by atoms with Crippen LogP contribution in [0.1, 0.15) is 60.3 Å². The molecule has 0 radical (unpaired) electrons. The SMILES string of the molecule is COc1ccc2[nH]c(=O)c([C@@H](c3nnnn3C3CCCC3)N(Cc3ccccc3)Cc3ccc(F)cc3)cc2c1. The molecule has 204 valence electrons. The molecule has 1 aliphatic rings. The number of aromatic amines is 1. The fourth-order valence-electron chi connectivity index (χ4n) is 5.70. The highest BCUT2D eigenvalue weighted by molar-refractivity contribution is 5.80. The summed E-state index contributed by atoms with van der Waals surface area (Å²) in [5.74, 6) is 1.03. The van der Waals surface area contributed by atoms with Gasteiger partial charge in [-0.15, -0.1) is 5.10 Å². The van der Waals surface area contributed by atoms with E-state index in [1.807, 2.05) is 47.1 Å². The van der Waals surface area contributed by atoms with Gasteiger partial charge >= 0.3 is 0 Å². The molecular formula is C31H31FN6O2. The second-order valence-electron chi connectivity index (χ2n) is 10.3. The van der Waals surface area contributed by atoms with E-state index in [9.17, 15) is 9.18 Å². The molecule has 0 saturated heterocycles. The summed E-state index contributed by atoms with van der Waals surface area (Å²) < 4.78 is 21.2. The van der Waals surface area contributed by atoms with E-state index in [1.54, 1.807) is 19.2 Å². The van der Waals surface area contributed by atoms with Gasteiger partial charge in [0.2, 0.25) is 0 Å². The van der Waals surface area contributed by atoms with Gasteiger partial charge in [0.05, 0.1) is 13.2 Å². The average Bonchev–Trinajstić information content (AvgIpc) is 3.68. The van der Waals surface area contributed by atoms with Crippen molar-refractivity contribution in [2.24, 2.45) is 0 Å². The highest BCUT2D eigenvalue weighted by atomic mass is 19.1. The summed E-state index contributed by atoms with van der Waals surface area (Å²) in [7, 11) is 1.62. The van der Waals surface area contributed by atoms with Crippen LogP contribution in [0.5, 0.6) is 5.75 Å². The summed E-state index contributed by atoms with van der Waals surface area (Å²) in [4.78, 5) is 19.0. The topological polar surface area (TPSA) is 88.9 Å². The highest BCUT2D eigenvalue weighted by Crippen LogP contribution is 2.35. The molecule has 0 unspecified atom stereocenters. The molecular weight excluding hydrogens is 507 g/mol. The highest BCUT2D eigenvalue weighted by Gasteiger charge is 2.33. The molecule has 6 rings (SSSR count). The number of tetrazole rings is 1. The van der Waals surface area contributed by atoms with Gasteiger partial charge in [-0.25, -0.2) is 9.07 Å². The Bertz CT molecular complexity index is 1640. The van der Waals surface area contributed by atoms with Crippen LogP contribution in [0.4, 0.5) is 4.39 Å². The Morgan fingerprint density at radius 3 is 2.45 bits per heavy atom. The van der Waals surface area contributed by atoms with Gasteiger partial charge in [-0.05, 0) is 70.8 Å². The molecule has 0 aliphatic heterocycles. The number of nitrogens with one attached hydrogen (secondary N) is 1. The van der Waals surface area contributed by atoms with Crippen LogP contribution in [0.15, 0.2) is 83.7 Å². The van der Waals surface area contributed by atoms with Crippen LogP contribution in [0.25, 0.3) is 10.9 Å². The van der Waals surface area contributed by atoms with Gasteiger partial charge in [0.25, 0.3) is 5.56 Å². The third-order valence-electron chi connectivity index (χ3n) is 7.70. The number of nitrogens with zero attached hydrogens (tertiary/aromatic N) is 5. The third-order valence-corrected chi connectivity index (χ3v) is 7.70. The van der Waals surface area contributed by atoms with Crippen molar-refractivity contribution in [1.29, 1.82) is 0 Å². The van der Waals surface area contributed by atoms with Gasteiger partial charge < -0.3 is 9.72 Å². The lowest BCUT2D eigenvalue weighted by atomic mass is 10.0. The molecule has 0 amide bonds. The molecule has 1 saturated carbocycles. The van der Waals surface area contributed by atoms with Crippen LogP contribution in [-0.4, -0.2) is 37.2 Å². The van der Waals surface area contributed by atoms with Crippen LogP contribution in [-0.2, 0) is 13.1 Å². The Balaban J connectivity index is 1.54. The molecule has 0 spiro atoms. The Hall–Kier alpha value is -4.37. The predicted octanol–water partition coefficient (Wildman–Crippen LogP) is 5.57. The zero-order valence-corrected chi connectivity index (χ0v) is 22.3. The first-order chi connectivity index (χ1) is 19.6. The minimum absolute atomic E-state index is 0.177. The number of aromatic nitrogens is 5. The zero-order valence-electron chi connectivity index (χ0n) is 22.3. The van der Waals surface area contributed by atoms with E-state index < -0.39 is 6.04 Å². The molecule has 9 heteroatoms. The van der Waals surface area contributed by atoms with Crippen molar-refractivity contribution >= 4 is 10.9 Å². The summed E-state index contributed by atoms with van der Waals surface area (Å²) in [5.41, 5.74) is 3.04. The normalized spacial score (nSPS) is 14.7. The molecule has 1 aliphatic carbocycles. The van der Waals surface area contributed by atoms with E-state index in [-0.39, 0.29) is 17.4 Å². The molecule has 1 atom stereocenters. The fraction of sp³-hybridized carbons (Fsp3) is 0.290. The van der Waals surface area contributed by atoms with E-state index in [0.29, 0.717) is 30.2 Å². The van der Waals surface area contributed by atoms with Crippen LogP contribution >= 0.6 is 0 Å². The molecule has 1 fully saturated rings. The predicted molar refractivity (Wildman–Crippen MR) is 150 cm³/mol. The molecule has 2 heterocycles. The molecule has 5 aromatic rings. The Kier molecular flexibility index (Phi) is 7.37. The number of methoxy groups -OCH3 is 1. The maximum Gasteiger partial charge on any atom is 0.253 e. The Labute approximate surface area is 231 Å². The number of hydrogen-bond acceptors (Lipinski definition) is 6. The quantitative estimate of drug-likeness (QED) is 0.264. The summed E-state index contributed by atoms with van der Waals surface area (Å²) in [6.45, 7) is 0.975. The number of fused-ring (bicyclic) bond motifs is 1. The van der Waals surface area contributed by atoms with E-state index >= 15 is 0 Å². The number of benzene rings is 3. The second-order valence-corrected chi connectivity index (χ2v) is 10.3. The lowest BCUT2D eigenvalue weighted by Gasteiger charge is -2.32. The van der Waals surface area contributed by atoms with Crippen molar-refractivity contribution in [3.63, 3.8) is 0 Å². The molecule has 3 aromatic carbocycles. The van der Waals surface area contributed by atoms with Crippen molar-refractivity contribution in [3.8, 4) is 5.75 Å². The van der Waals surface area contributed by atoms with Gasteiger partial charge in [0, 0.05) is 29.6 Å². The molecule has 2 aromatic heterocycles.